The van der Waals surface area contributed by atoms with Gasteiger partial charge in [-0.15, -0.1) is 0 Å². The summed E-state index contributed by atoms with van der Waals surface area (Å²) in [5.41, 5.74) is 2.39. The number of nitrogens with zero attached hydrogens (tertiary/aromatic N) is 1. The quantitative estimate of drug-likeness (QED) is 0.350. The highest BCUT2D eigenvalue weighted by molar-refractivity contribution is 5.77. The number of ether oxygens (including phenoxy) is 1. The summed E-state index contributed by atoms with van der Waals surface area (Å²) in [6.45, 7) is 1.24. The zero-order chi connectivity index (χ0) is 23.9. The van der Waals surface area contributed by atoms with Crippen LogP contribution < -0.4 is 10.1 Å². The smallest absolute Gasteiger partial charge is 0.305 e. The van der Waals surface area contributed by atoms with Gasteiger partial charge in [-0.3, -0.25) is 9.59 Å². The molecular formula is C27H38N2O4. The van der Waals surface area contributed by atoms with E-state index in [2.05, 4.69) is 29.6 Å². The number of nitrogens with one attached hydrogen (secondary N) is 1. The molecule has 1 unspecified atom stereocenters. The van der Waals surface area contributed by atoms with Crippen molar-refractivity contribution in [3.8, 4) is 16.9 Å². The maximum atomic E-state index is 12.1. The van der Waals surface area contributed by atoms with E-state index in [4.69, 9.17) is 9.84 Å². The van der Waals surface area contributed by atoms with Crippen molar-refractivity contribution in [2.45, 2.75) is 57.4 Å². The first kappa shape index (κ1) is 26.4. The summed E-state index contributed by atoms with van der Waals surface area (Å²) in [5.74, 6) is -0.0544. The summed E-state index contributed by atoms with van der Waals surface area (Å²) >= 11 is 0. The third-order valence-electron chi connectivity index (χ3n) is 5.40. The number of unbranched alkanes of at least 4 members (excludes halogenated alkanes) is 5. The third kappa shape index (κ3) is 11.5. The van der Waals surface area contributed by atoms with Crippen molar-refractivity contribution >= 4 is 11.9 Å². The molecule has 0 saturated heterocycles. The Morgan fingerprint density at radius 3 is 2.12 bits per heavy atom. The maximum absolute atomic E-state index is 12.1. The Kier molecular flexibility index (Phi) is 12.0. The van der Waals surface area contributed by atoms with Crippen LogP contribution in [-0.4, -0.2) is 55.2 Å². The lowest BCUT2D eigenvalue weighted by atomic mass is 10.1. The van der Waals surface area contributed by atoms with Crippen LogP contribution in [0.4, 0.5) is 0 Å². The molecule has 2 aromatic carbocycles. The Morgan fingerprint density at radius 1 is 0.879 bits per heavy atom. The van der Waals surface area contributed by atoms with Crippen molar-refractivity contribution in [1.29, 1.82) is 0 Å². The fourth-order valence-corrected chi connectivity index (χ4v) is 3.77. The summed E-state index contributed by atoms with van der Waals surface area (Å²) in [5, 5.41) is 11.8. The van der Waals surface area contributed by atoms with Gasteiger partial charge in [-0.05, 0) is 50.2 Å². The van der Waals surface area contributed by atoms with Gasteiger partial charge in [0.15, 0.2) is 0 Å². The molecule has 0 spiro atoms. The van der Waals surface area contributed by atoms with Crippen molar-refractivity contribution in [2.24, 2.45) is 0 Å². The first-order valence-corrected chi connectivity index (χ1v) is 11.9. The minimum absolute atomic E-state index is 0.0524. The van der Waals surface area contributed by atoms with Gasteiger partial charge in [-0.25, -0.2) is 0 Å². The number of carboxylic acids is 1. The van der Waals surface area contributed by atoms with E-state index in [1.165, 1.54) is 11.1 Å². The summed E-state index contributed by atoms with van der Waals surface area (Å²) in [6.07, 6.45) is 6.58. The Bertz CT molecular complexity index is 822. The van der Waals surface area contributed by atoms with Gasteiger partial charge in [0.05, 0.1) is 19.1 Å². The molecule has 0 heterocycles. The fraction of sp³-hybridized carbons (Fsp3) is 0.481. The molecule has 2 aromatic rings. The Hall–Kier alpha value is -2.86. The minimum atomic E-state index is -0.893. The van der Waals surface area contributed by atoms with Crippen LogP contribution in [0.3, 0.4) is 0 Å². The zero-order valence-corrected chi connectivity index (χ0v) is 20.0. The van der Waals surface area contributed by atoms with Gasteiger partial charge < -0.3 is 20.1 Å². The standard InChI is InChI=1S/C27H38N2O4/c1-29(2)21-24(20-27(31)32)28-26(30)14-10-5-3-4-6-11-19-33-25-17-15-23(16-18-25)22-12-8-7-9-13-22/h7-9,12-13,15-18,24H,3-6,10-11,14,19-21H2,1-2H3,(H,28,30)(H,31,32). The van der Waals surface area contributed by atoms with Crippen LogP contribution in [0.5, 0.6) is 5.75 Å². The molecule has 0 aliphatic rings. The van der Waals surface area contributed by atoms with Gasteiger partial charge in [-0.1, -0.05) is 68.1 Å². The van der Waals surface area contributed by atoms with Gasteiger partial charge in [0, 0.05) is 13.0 Å². The van der Waals surface area contributed by atoms with Crippen molar-refractivity contribution in [3.63, 3.8) is 0 Å². The maximum Gasteiger partial charge on any atom is 0.305 e. The van der Waals surface area contributed by atoms with E-state index in [0.717, 1.165) is 44.3 Å². The van der Waals surface area contributed by atoms with Crippen LogP contribution in [0, 0.1) is 0 Å². The molecule has 0 radical (unpaired) electrons. The average Bonchev–Trinajstić information content (AvgIpc) is 2.78. The van der Waals surface area contributed by atoms with Crippen molar-refractivity contribution in [1.82, 2.24) is 10.2 Å². The van der Waals surface area contributed by atoms with Gasteiger partial charge in [0.25, 0.3) is 0 Å². The molecule has 1 atom stereocenters. The van der Waals surface area contributed by atoms with Gasteiger partial charge in [-0.2, -0.15) is 0 Å². The number of carbonyl (C=O) groups excluding carboxylic acids is 1. The van der Waals surface area contributed by atoms with E-state index < -0.39 is 5.97 Å². The Labute approximate surface area is 198 Å². The highest BCUT2D eigenvalue weighted by atomic mass is 16.5. The topological polar surface area (TPSA) is 78.9 Å². The number of rotatable bonds is 16. The van der Waals surface area contributed by atoms with Crippen molar-refractivity contribution in [2.75, 3.05) is 27.2 Å². The van der Waals surface area contributed by atoms with E-state index in [-0.39, 0.29) is 18.4 Å². The molecule has 0 aromatic heterocycles. The molecule has 180 valence electrons. The summed E-state index contributed by atoms with van der Waals surface area (Å²) < 4.78 is 5.85. The number of carboxylic acid groups (broad SMARTS) is 1. The molecule has 1 amide bonds. The highest BCUT2D eigenvalue weighted by Gasteiger charge is 2.16. The molecule has 6 heteroatoms. The predicted octanol–water partition coefficient (Wildman–Crippen LogP) is 4.98. The lowest BCUT2D eigenvalue weighted by Crippen LogP contribution is -2.42. The van der Waals surface area contributed by atoms with Gasteiger partial charge in [0.2, 0.25) is 5.91 Å². The monoisotopic (exact) mass is 454 g/mol. The van der Waals surface area contributed by atoms with Crippen LogP contribution in [0.15, 0.2) is 54.6 Å². The number of aliphatic carboxylic acids is 1. The van der Waals surface area contributed by atoms with Crippen LogP contribution >= 0.6 is 0 Å². The number of likely N-dealkylation sites (N-methyl/N-ethyl adjacent to an activating group) is 1. The van der Waals surface area contributed by atoms with Crippen molar-refractivity contribution in [3.05, 3.63) is 54.6 Å². The second-order valence-electron chi connectivity index (χ2n) is 8.73. The minimum Gasteiger partial charge on any atom is -0.494 e. The second-order valence-corrected chi connectivity index (χ2v) is 8.73. The van der Waals surface area contributed by atoms with Gasteiger partial charge in [0.1, 0.15) is 5.75 Å². The molecule has 0 fully saturated rings. The summed E-state index contributed by atoms with van der Waals surface area (Å²) in [4.78, 5) is 24.9. The molecule has 0 bridgehead atoms. The first-order chi connectivity index (χ1) is 15.9. The molecule has 2 rings (SSSR count). The molecule has 0 saturated carbocycles. The average molecular weight is 455 g/mol. The number of hydrogen-bond acceptors (Lipinski definition) is 4. The lowest BCUT2D eigenvalue weighted by Gasteiger charge is -2.20. The molecule has 33 heavy (non-hydrogen) atoms. The molecule has 6 nitrogen and oxygen atoms in total. The van der Waals surface area contributed by atoms with Crippen molar-refractivity contribution < 1.29 is 19.4 Å². The Balaban J connectivity index is 1.50. The molecule has 0 aliphatic heterocycles. The van der Waals surface area contributed by atoms with Gasteiger partial charge >= 0.3 is 5.97 Å². The first-order valence-electron chi connectivity index (χ1n) is 11.9. The third-order valence-corrected chi connectivity index (χ3v) is 5.40. The van der Waals surface area contributed by atoms with Crippen LogP contribution in [0.1, 0.15) is 51.4 Å². The molecule has 0 aliphatic carbocycles. The van der Waals surface area contributed by atoms with Crippen LogP contribution in [0.25, 0.3) is 11.1 Å². The SMILES string of the molecule is CN(C)CC(CC(=O)O)NC(=O)CCCCCCCCOc1ccc(-c2ccccc2)cc1. The van der Waals surface area contributed by atoms with E-state index in [9.17, 15) is 9.59 Å². The van der Waals surface area contributed by atoms with Crippen LogP contribution in [0.2, 0.25) is 0 Å². The fourth-order valence-electron chi connectivity index (χ4n) is 3.77. The number of benzene rings is 2. The predicted molar refractivity (Wildman–Crippen MR) is 132 cm³/mol. The van der Waals surface area contributed by atoms with E-state index in [0.29, 0.717) is 19.6 Å². The highest BCUT2D eigenvalue weighted by Crippen LogP contribution is 2.22. The van der Waals surface area contributed by atoms with E-state index in [1.54, 1.807) is 0 Å². The Morgan fingerprint density at radius 2 is 1.48 bits per heavy atom. The molecule has 2 N–H and O–H groups in total. The van der Waals surface area contributed by atoms with Crippen LogP contribution in [-0.2, 0) is 9.59 Å². The number of amides is 1. The largest absolute Gasteiger partial charge is 0.494 e. The normalized spacial score (nSPS) is 11.8. The van der Waals surface area contributed by atoms with E-state index in [1.807, 2.05) is 49.3 Å². The number of hydrogen-bond donors (Lipinski definition) is 2. The zero-order valence-electron chi connectivity index (χ0n) is 20.0. The summed E-state index contributed by atoms with van der Waals surface area (Å²) in [6, 6.07) is 18.2. The number of carbonyl (C=O) groups is 2. The lowest BCUT2D eigenvalue weighted by molar-refractivity contribution is -0.137. The molecular weight excluding hydrogens is 416 g/mol. The summed E-state index contributed by atoms with van der Waals surface area (Å²) in [7, 11) is 3.74. The van der Waals surface area contributed by atoms with E-state index >= 15 is 0 Å². The second kappa shape index (κ2) is 15.1.